The molecular weight excluding hydrogens is 308 g/mol. The minimum Gasteiger partial charge on any atom is -0.394 e. The first-order chi connectivity index (χ1) is 8.95. The zero-order valence-corrected chi connectivity index (χ0v) is 13.0. The Morgan fingerprint density at radius 1 is 1.53 bits per heavy atom. The molecule has 0 radical (unpaired) electrons. The molecule has 0 aliphatic carbocycles. The zero-order chi connectivity index (χ0) is 14.0. The Morgan fingerprint density at radius 3 is 2.89 bits per heavy atom. The van der Waals surface area contributed by atoms with Gasteiger partial charge in [0.1, 0.15) is 0 Å². The van der Waals surface area contributed by atoms with Gasteiger partial charge < -0.3 is 20.5 Å². The minimum absolute atomic E-state index is 0.0336. The first-order valence-corrected chi connectivity index (χ1v) is 7.26. The van der Waals surface area contributed by atoms with Gasteiger partial charge in [-0.05, 0) is 31.5 Å². The molecule has 1 aliphatic rings. The molecule has 0 bridgehead atoms. The van der Waals surface area contributed by atoms with E-state index in [1.807, 2.05) is 26.0 Å². The number of hydrogen-bond acceptors (Lipinski definition) is 4. The SMILES string of the molecule is CC1(C)CN(c2cc(Br)ccc2CN)CC(CO)O1. The third-order valence-electron chi connectivity index (χ3n) is 3.29. The molecule has 106 valence electrons. The minimum atomic E-state index is -0.278. The van der Waals surface area contributed by atoms with Gasteiger partial charge in [-0.25, -0.2) is 0 Å². The Morgan fingerprint density at radius 2 is 2.26 bits per heavy atom. The van der Waals surface area contributed by atoms with E-state index in [0.717, 1.165) is 22.3 Å². The lowest BCUT2D eigenvalue weighted by Crippen LogP contribution is -2.54. The topological polar surface area (TPSA) is 58.7 Å². The highest BCUT2D eigenvalue weighted by Crippen LogP contribution is 2.30. The van der Waals surface area contributed by atoms with Crippen LogP contribution in [0.3, 0.4) is 0 Å². The fourth-order valence-corrected chi connectivity index (χ4v) is 2.93. The Balaban J connectivity index is 2.32. The van der Waals surface area contributed by atoms with Crippen LogP contribution in [0.4, 0.5) is 5.69 Å². The molecule has 0 aromatic heterocycles. The second-order valence-corrected chi connectivity index (χ2v) is 6.46. The van der Waals surface area contributed by atoms with E-state index in [1.54, 1.807) is 0 Å². The monoisotopic (exact) mass is 328 g/mol. The van der Waals surface area contributed by atoms with Crippen LogP contribution >= 0.6 is 15.9 Å². The van der Waals surface area contributed by atoms with E-state index in [-0.39, 0.29) is 18.3 Å². The van der Waals surface area contributed by atoms with Crippen LogP contribution in [-0.2, 0) is 11.3 Å². The molecule has 1 heterocycles. The average molecular weight is 329 g/mol. The summed E-state index contributed by atoms with van der Waals surface area (Å²) in [5.41, 5.74) is 7.77. The van der Waals surface area contributed by atoms with Crippen molar-refractivity contribution in [1.82, 2.24) is 0 Å². The third kappa shape index (κ3) is 3.48. The summed E-state index contributed by atoms with van der Waals surface area (Å²) in [6.45, 7) is 6.09. The molecule has 0 spiro atoms. The van der Waals surface area contributed by atoms with E-state index in [9.17, 15) is 5.11 Å². The van der Waals surface area contributed by atoms with Crippen molar-refractivity contribution in [3.05, 3.63) is 28.2 Å². The summed E-state index contributed by atoms with van der Waals surface area (Å²) < 4.78 is 6.88. The molecule has 2 rings (SSSR count). The van der Waals surface area contributed by atoms with Gasteiger partial charge >= 0.3 is 0 Å². The van der Waals surface area contributed by atoms with Crippen molar-refractivity contribution >= 4 is 21.6 Å². The largest absolute Gasteiger partial charge is 0.394 e. The smallest absolute Gasteiger partial charge is 0.0988 e. The standard InChI is InChI=1S/C14H21BrN2O2/c1-14(2)9-17(7-12(8-18)19-14)13-5-11(15)4-3-10(13)6-16/h3-5,12,18H,6-9,16H2,1-2H3. The normalized spacial score (nSPS) is 22.6. The van der Waals surface area contributed by atoms with Crippen molar-refractivity contribution in [2.75, 3.05) is 24.6 Å². The quantitative estimate of drug-likeness (QED) is 0.889. The number of hydrogen-bond donors (Lipinski definition) is 2. The van der Waals surface area contributed by atoms with Crippen molar-refractivity contribution in [1.29, 1.82) is 0 Å². The lowest BCUT2D eigenvalue weighted by molar-refractivity contribution is -0.101. The fraction of sp³-hybridized carbons (Fsp3) is 0.571. The number of morpholine rings is 1. The van der Waals surface area contributed by atoms with Gasteiger partial charge in [0.2, 0.25) is 0 Å². The van der Waals surface area contributed by atoms with E-state index in [0.29, 0.717) is 13.1 Å². The highest BCUT2D eigenvalue weighted by molar-refractivity contribution is 9.10. The molecule has 0 amide bonds. The van der Waals surface area contributed by atoms with Crippen molar-refractivity contribution in [2.45, 2.75) is 32.1 Å². The van der Waals surface area contributed by atoms with Gasteiger partial charge in [0, 0.05) is 29.8 Å². The molecule has 1 aromatic rings. The second kappa shape index (κ2) is 5.79. The predicted octanol–water partition coefficient (Wildman–Crippen LogP) is 1.88. The van der Waals surface area contributed by atoms with Crippen LogP contribution in [0.5, 0.6) is 0 Å². The van der Waals surface area contributed by atoms with Crippen LogP contribution in [0, 0.1) is 0 Å². The highest BCUT2D eigenvalue weighted by atomic mass is 79.9. The lowest BCUT2D eigenvalue weighted by atomic mass is 10.0. The second-order valence-electron chi connectivity index (χ2n) is 5.54. The third-order valence-corrected chi connectivity index (χ3v) is 3.79. The fourth-order valence-electron chi connectivity index (χ4n) is 2.58. The number of aliphatic hydroxyl groups excluding tert-OH is 1. The highest BCUT2D eigenvalue weighted by Gasteiger charge is 2.33. The maximum absolute atomic E-state index is 9.38. The Bertz CT molecular complexity index is 451. The average Bonchev–Trinajstić information content (AvgIpc) is 2.36. The zero-order valence-electron chi connectivity index (χ0n) is 11.4. The van der Waals surface area contributed by atoms with Crippen molar-refractivity contribution in [3.63, 3.8) is 0 Å². The van der Waals surface area contributed by atoms with Gasteiger partial charge in [0.15, 0.2) is 0 Å². The number of aliphatic hydroxyl groups is 1. The molecule has 1 aromatic carbocycles. The Hall–Kier alpha value is -0.620. The van der Waals surface area contributed by atoms with Gasteiger partial charge in [0.05, 0.1) is 18.3 Å². The molecule has 1 fully saturated rings. The Kier molecular flexibility index (Phi) is 4.50. The van der Waals surface area contributed by atoms with Crippen molar-refractivity contribution in [2.24, 2.45) is 5.73 Å². The number of halogens is 1. The Labute approximate surface area is 122 Å². The van der Waals surface area contributed by atoms with Crippen LogP contribution < -0.4 is 10.6 Å². The predicted molar refractivity (Wildman–Crippen MR) is 80.3 cm³/mol. The van der Waals surface area contributed by atoms with Crippen LogP contribution in [0.25, 0.3) is 0 Å². The molecule has 1 atom stereocenters. The van der Waals surface area contributed by atoms with Crippen LogP contribution in [0.15, 0.2) is 22.7 Å². The van der Waals surface area contributed by atoms with Gasteiger partial charge in [-0.3, -0.25) is 0 Å². The summed E-state index contributed by atoms with van der Waals surface area (Å²) >= 11 is 3.50. The van der Waals surface area contributed by atoms with Gasteiger partial charge in [-0.1, -0.05) is 22.0 Å². The summed E-state index contributed by atoms with van der Waals surface area (Å²) in [5.74, 6) is 0. The summed E-state index contributed by atoms with van der Waals surface area (Å²) in [6.07, 6.45) is -0.159. The van der Waals surface area contributed by atoms with E-state index in [2.05, 4.69) is 26.9 Å². The summed E-state index contributed by atoms with van der Waals surface area (Å²) in [4.78, 5) is 2.25. The molecule has 19 heavy (non-hydrogen) atoms. The number of ether oxygens (including phenoxy) is 1. The van der Waals surface area contributed by atoms with Crippen LogP contribution in [0.1, 0.15) is 19.4 Å². The molecule has 4 nitrogen and oxygen atoms in total. The van der Waals surface area contributed by atoms with E-state index in [4.69, 9.17) is 10.5 Å². The van der Waals surface area contributed by atoms with Crippen LogP contribution in [-0.4, -0.2) is 36.5 Å². The van der Waals surface area contributed by atoms with Gasteiger partial charge in [-0.2, -0.15) is 0 Å². The number of nitrogens with zero attached hydrogens (tertiary/aromatic N) is 1. The molecule has 1 aliphatic heterocycles. The summed E-state index contributed by atoms with van der Waals surface area (Å²) in [7, 11) is 0. The van der Waals surface area contributed by atoms with Gasteiger partial charge in [0.25, 0.3) is 0 Å². The van der Waals surface area contributed by atoms with E-state index < -0.39 is 0 Å². The molecule has 1 saturated heterocycles. The number of nitrogens with two attached hydrogens (primary N) is 1. The lowest BCUT2D eigenvalue weighted by Gasteiger charge is -2.44. The van der Waals surface area contributed by atoms with E-state index in [1.165, 1.54) is 0 Å². The van der Waals surface area contributed by atoms with Crippen LogP contribution in [0.2, 0.25) is 0 Å². The van der Waals surface area contributed by atoms with Gasteiger partial charge in [-0.15, -0.1) is 0 Å². The summed E-state index contributed by atoms with van der Waals surface area (Å²) in [6, 6.07) is 6.12. The first kappa shape index (κ1) is 14.8. The maximum Gasteiger partial charge on any atom is 0.0988 e. The molecule has 0 saturated carbocycles. The number of rotatable bonds is 3. The van der Waals surface area contributed by atoms with Crippen molar-refractivity contribution in [3.8, 4) is 0 Å². The molecule has 3 N–H and O–H groups in total. The number of anilines is 1. The maximum atomic E-state index is 9.38. The molecule has 5 heteroatoms. The first-order valence-electron chi connectivity index (χ1n) is 6.47. The van der Waals surface area contributed by atoms with Crippen molar-refractivity contribution < 1.29 is 9.84 Å². The van der Waals surface area contributed by atoms with E-state index >= 15 is 0 Å². The summed E-state index contributed by atoms with van der Waals surface area (Å²) in [5, 5.41) is 9.38. The number of benzene rings is 1. The molecule has 1 unspecified atom stereocenters. The molecular formula is C14H21BrN2O2.